The van der Waals surface area contributed by atoms with E-state index in [1.807, 2.05) is 26.0 Å². The molecule has 0 radical (unpaired) electrons. The highest BCUT2D eigenvalue weighted by atomic mass is 32.3. The van der Waals surface area contributed by atoms with E-state index in [1.54, 1.807) is 61.9 Å². The number of ether oxygens (including phenoxy) is 1. The van der Waals surface area contributed by atoms with Crippen LogP contribution in [0.4, 0.5) is 0 Å². The van der Waals surface area contributed by atoms with E-state index in [9.17, 15) is 12.6 Å². The zero-order chi connectivity index (χ0) is 22.6. The van der Waals surface area contributed by atoms with Crippen LogP contribution in [0, 0.1) is 13.8 Å². The van der Waals surface area contributed by atoms with Crippen LogP contribution in [0.5, 0.6) is 5.75 Å². The van der Waals surface area contributed by atoms with Gasteiger partial charge in [-0.05, 0) is 73.5 Å². The van der Waals surface area contributed by atoms with Crippen molar-refractivity contribution in [1.29, 1.82) is 0 Å². The summed E-state index contributed by atoms with van der Waals surface area (Å²) in [4.78, 5) is 1.03. The maximum atomic E-state index is 13.9. The Morgan fingerprint density at radius 1 is 0.774 bits per heavy atom. The van der Waals surface area contributed by atoms with Gasteiger partial charge in [-0.25, -0.2) is 0 Å². The summed E-state index contributed by atoms with van der Waals surface area (Å²) in [6.07, 6.45) is 1.78. The maximum absolute atomic E-state index is 13.9. The Labute approximate surface area is 187 Å². The van der Waals surface area contributed by atoms with Crippen LogP contribution in [-0.4, -0.2) is 26.0 Å². The van der Waals surface area contributed by atoms with E-state index in [0.717, 1.165) is 16.0 Å². The largest absolute Gasteiger partial charge is 0.497 e. The molecule has 9 heteroatoms. The first kappa shape index (κ1) is 23.3. The van der Waals surface area contributed by atoms with E-state index in [4.69, 9.17) is 4.74 Å². The van der Waals surface area contributed by atoms with Gasteiger partial charge in [0.2, 0.25) is 0 Å². The van der Waals surface area contributed by atoms with Gasteiger partial charge in [0.1, 0.15) is 10.6 Å². The van der Waals surface area contributed by atoms with Crippen molar-refractivity contribution in [3.8, 4) is 5.75 Å². The fourth-order valence-electron chi connectivity index (χ4n) is 2.67. The summed E-state index contributed by atoms with van der Waals surface area (Å²) in [6, 6.07) is 20.2. The molecule has 0 bridgehead atoms. The predicted octanol–water partition coefficient (Wildman–Crippen LogP) is 5.04. The molecule has 6 nitrogen and oxygen atoms in total. The Kier molecular flexibility index (Phi) is 7.10. The Morgan fingerprint density at radius 2 is 1.26 bits per heavy atom. The normalized spacial score (nSPS) is 14.5. The lowest BCUT2D eigenvalue weighted by molar-refractivity contribution is 0.414. The summed E-state index contributed by atoms with van der Waals surface area (Å²) in [5, 5.41) is 0. The molecule has 3 aromatic carbocycles. The summed E-state index contributed by atoms with van der Waals surface area (Å²) in [7, 11) is -6.24. The minimum Gasteiger partial charge on any atom is -0.497 e. The third-order valence-corrected chi connectivity index (χ3v) is 10.5. The van der Waals surface area contributed by atoms with E-state index in [1.165, 1.54) is 12.1 Å². The Hall–Kier alpha value is -2.33. The van der Waals surface area contributed by atoms with Crippen molar-refractivity contribution in [2.75, 3.05) is 13.4 Å². The number of aryl methyl sites for hydroxylation is 2. The molecule has 0 fully saturated rings. The number of hydrogen-bond acceptors (Lipinski definition) is 4. The number of hydrogen-bond donors (Lipinski definition) is 0. The van der Waals surface area contributed by atoms with E-state index < -0.39 is 31.0 Å². The second-order valence-corrected chi connectivity index (χ2v) is 12.4. The molecule has 0 saturated heterocycles. The van der Waals surface area contributed by atoms with Gasteiger partial charge in [0.15, 0.2) is 0 Å². The number of methoxy groups -OCH3 is 1. The van der Waals surface area contributed by atoms with Gasteiger partial charge in [0, 0.05) is 14.8 Å². The molecule has 2 unspecified atom stereocenters. The fourth-order valence-corrected chi connectivity index (χ4v) is 8.18. The summed E-state index contributed by atoms with van der Waals surface area (Å²) >= 11 is -0.878. The maximum Gasteiger partial charge on any atom is 0.289 e. The molecular formula is C22H24N2O4S3. The van der Waals surface area contributed by atoms with Gasteiger partial charge in [0.05, 0.1) is 18.3 Å². The molecular weight excluding hydrogens is 452 g/mol. The van der Waals surface area contributed by atoms with Gasteiger partial charge in [-0.15, -0.1) is 3.77 Å². The quantitative estimate of drug-likeness (QED) is 0.447. The SMILES string of the molecule is COc1ccc([S+](C)[N-]S(=O)(=NS(=O)(=O)c2ccc(C)cc2)c2ccc(C)cc2)cc1. The number of nitrogens with zero attached hydrogens (tertiary/aromatic N) is 2. The first-order chi connectivity index (χ1) is 14.6. The highest BCUT2D eigenvalue weighted by molar-refractivity contribution is 8.17. The molecule has 3 aromatic rings. The number of benzene rings is 3. The van der Waals surface area contributed by atoms with Crippen LogP contribution < -0.4 is 4.74 Å². The van der Waals surface area contributed by atoms with Crippen LogP contribution in [-0.2, 0) is 31.0 Å². The molecule has 0 aromatic heterocycles. The zero-order valence-corrected chi connectivity index (χ0v) is 20.1. The van der Waals surface area contributed by atoms with E-state index >= 15 is 0 Å². The van der Waals surface area contributed by atoms with Crippen molar-refractivity contribution in [3.63, 3.8) is 0 Å². The van der Waals surface area contributed by atoms with Gasteiger partial charge >= 0.3 is 0 Å². The molecule has 0 heterocycles. The molecule has 0 amide bonds. The summed E-state index contributed by atoms with van der Waals surface area (Å²) in [6.45, 7) is 3.75. The van der Waals surface area contributed by atoms with E-state index in [2.05, 4.69) is 7.90 Å². The molecule has 0 aliphatic carbocycles. The van der Waals surface area contributed by atoms with Gasteiger partial charge in [-0.2, -0.15) is 8.42 Å². The van der Waals surface area contributed by atoms with E-state index in [-0.39, 0.29) is 9.79 Å². The third-order valence-electron chi connectivity index (χ3n) is 4.46. The molecule has 2 atom stereocenters. The lowest BCUT2D eigenvalue weighted by Gasteiger charge is -2.23. The standard InChI is InChI=1S/C22H24N2O4S3/c1-17-5-13-21(14-6-17)30(25,23-29(4)20-11-9-19(28-3)10-12-20)24-31(26,27)22-15-7-18(2)8-16-22/h5-16H,1-4H3. The lowest BCUT2D eigenvalue weighted by atomic mass is 10.2. The molecule has 0 spiro atoms. The monoisotopic (exact) mass is 476 g/mol. The van der Waals surface area contributed by atoms with Crippen molar-refractivity contribution in [1.82, 2.24) is 0 Å². The van der Waals surface area contributed by atoms with Gasteiger partial charge in [0.25, 0.3) is 10.0 Å². The lowest BCUT2D eigenvalue weighted by Crippen LogP contribution is -2.10. The van der Waals surface area contributed by atoms with Crippen LogP contribution >= 0.6 is 0 Å². The second-order valence-electron chi connectivity index (χ2n) is 6.90. The average molecular weight is 477 g/mol. The molecule has 31 heavy (non-hydrogen) atoms. The van der Waals surface area contributed by atoms with Gasteiger partial charge in [-0.3, -0.25) is 4.21 Å². The van der Waals surface area contributed by atoms with Crippen LogP contribution in [0.2, 0.25) is 0 Å². The Bertz CT molecular complexity index is 1260. The molecule has 0 N–H and O–H groups in total. The van der Waals surface area contributed by atoms with Crippen molar-refractivity contribution in [3.05, 3.63) is 88.1 Å². The van der Waals surface area contributed by atoms with Gasteiger partial charge in [-0.1, -0.05) is 35.4 Å². The van der Waals surface area contributed by atoms with E-state index in [0.29, 0.717) is 5.75 Å². The smallest absolute Gasteiger partial charge is 0.289 e. The number of sulfonamides is 1. The Balaban J connectivity index is 2.08. The first-order valence-electron chi connectivity index (χ1n) is 9.33. The van der Waals surface area contributed by atoms with Crippen molar-refractivity contribution >= 4 is 31.0 Å². The first-order valence-corrected chi connectivity index (χ1v) is 13.8. The third kappa shape index (κ3) is 5.68. The van der Waals surface area contributed by atoms with Gasteiger partial charge < -0.3 is 8.86 Å². The predicted molar refractivity (Wildman–Crippen MR) is 126 cm³/mol. The topological polar surface area (TPSA) is 86.9 Å². The zero-order valence-electron chi connectivity index (χ0n) is 17.7. The highest BCUT2D eigenvalue weighted by Crippen LogP contribution is 2.31. The van der Waals surface area contributed by atoms with Crippen molar-refractivity contribution < 1.29 is 17.4 Å². The van der Waals surface area contributed by atoms with Crippen LogP contribution in [0.1, 0.15) is 11.1 Å². The fraction of sp³-hybridized carbons (Fsp3) is 0.182. The highest BCUT2D eigenvalue weighted by Gasteiger charge is 2.20. The molecule has 0 saturated carbocycles. The van der Waals surface area contributed by atoms with Crippen molar-refractivity contribution in [2.45, 2.75) is 28.5 Å². The minimum absolute atomic E-state index is 0.0198. The molecule has 3 rings (SSSR count). The summed E-state index contributed by atoms with van der Waals surface area (Å²) in [5.74, 6) is 0.687. The summed E-state index contributed by atoms with van der Waals surface area (Å²) < 4.78 is 53.4. The molecule has 0 aliphatic heterocycles. The summed E-state index contributed by atoms with van der Waals surface area (Å²) in [5.41, 5.74) is 1.87. The van der Waals surface area contributed by atoms with Crippen LogP contribution in [0.25, 0.3) is 4.13 Å². The second kappa shape index (κ2) is 9.44. The van der Waals surface area contributed by atoms with Crippen molar-refractivity contribution in [2.24, 2.45) is 3.77 Å². The Morgan fingerprint density at radius 3 is 1.74 bits per heavy atom. The van der Waals surface area contributed by atoms with Crippen LogP contribution in [0.15, 0.2) is 91.3 Å². The minimum atomic E-state index is -4.19. The number of rotatable bonds is 7. The average Bonchev–Trinajstić information content (AvgIpc) is 2.74. The molecule has 0 aliphatic rings. The van der Waals surface area contributed by atoms with Crippen LogP contribution in [0.3, 0.4) is 0 Å². The molecule has 164 valence electrons.